The lowest BCUT2D eigenvalue weighted by Gasteiger charge is -2.09. The third kappa shape index (κ3) is 4.38. The second-order valence-corrected chi connectivity index (χ2v) is 6.22. The zero-order chi connectivity index (χ0) is 20.1. The first-order valence-corrected chi connectivity index (χ1v) is 8.88. The SMILES string of the molecule is O=[N+]([O-])c1ccc(COc2ccccc2/C=N/Nc2nc3ccccc3[nH]2)cc1. The number of nitrogens with zero attached hydrogens (tertiary/aromatic N) is 3. The van der Waals surface area contributed by atoms with Crippen LogP contribution in [0, 0.1) is 10.1 Å². The summed E-state index contributed by atoms with van der Waals surface area (Å²) in [5, 5.41) is 15.0. The lowest BCUT2D eigenvalue weighted by molar-refractivity contribution is -0.384. The van der Waals surface area contributed by atoms with Gasteiger partial charge in [0.25, 0.3) is 5.69 Å². The normalized spacial score (nSPS) is 11.0. The van der Waals surface area contributed by atoms with Crippen LogP contribution in [0.3, 0.4) is 0 Å². The van der Waals surface area contributed by atoms with Gasteiger partial charge < -0.3 is 9.72 Å². The summed E-state index contributed by atoms with van der Waals surface area (Å²) in [5.74, 6) is 1.20. The standard InChI is InChI=1S/C21H17N5O3/c27-26(28)17-11-9-15(10-12-17)14-29-20-8-4-1-5-16(20)13-22-25-21-23-18-6-2-3-7-19(18)24-21/h1-13H,14H2,(H2,23,24,25)/b22-13+. The summed E-state index contributed by atoms with van der Waals surface area (Å²) in [6.45, 7) is 0.292. The zero-order valence-electron chi connectivity index (χ0n) is 15.3. The lowest BCUT2D eigenvalue weighted by atomic mass is 10.2. The van der Waals surface area contributed by atoms with Gasteiger partial charge in [-0.05, 0) is 42.0 Å². The van der Waals surface area contributed by atoms with E-state index in [1.165, 1.54) is 12.1 Å². The molecule has 1 aromatic heterocycles. The Bertz CT molecular complexity index is 1140. The fourth-order valence-corrected chi connectivity index (χ4v) is 2.76. The number of non-ortho nitro benzene ring substituents is 1. The highest BCUT2D eigenvalue weighted by molar-refractivity contribution is 5.84. The number of nitrogens with one attached hydrogen (secondary N) is 2. The lowest BCUT2D eigenvalue weighted by Crippen LogP contribution is -1.99. The number of nitro groups is 1. The molecule has 0 unspecified atom stereocenters. The Hall–Kier alpha value is -4.20. The number of hydrazone groups is 1. The third-order valence-corrected chi connectivity index (χ3v) is 4.22. The number of H-pyrrole nitrogens is 1. The Morgan fingerprint density at radius 3 is 2.62 bits per heavy atom. The number of aromatic nitrogens is 2. The van der Waals surface area contributed by atoms with Crippen molar-refractivity contribution < 1.29 is 9.66 Å². The Morgan fingerprint density at radius 1 is 1.07 bits per heavy atom. The van der Waals surface area contributed by atoms with E-state index in [2.05, 4.69) is 20.5 Å². The van der Waals surface area contributed by atoms with E-state index in [-0.39, 0.29) is 5.69 Å². The maximum Gasteiger partial charge on any atom is 0.269 e. The summed E-state index contributed by atoms with van der Waals surface area (Å²) >= 11 is 0. The van der Waals surface area contributed by atoms with Crippen LogP contribution >= 0.6 is 0 Å². The van der Waals surface area contributed by atoms with Gasteiger partial charge in [-0.25, -0.2) is 10.4 Å². The maximum atomic E-state index is 10.7. The highest BCUT2D eigenvalue weighted by atomic mass is 16.6. The molecule has 8 nitrogen and oxygen atoms in total. The fourth-order valence-electron chi connectivity index (χ4n) is 2.76. The van der Waals surface area contributed by atoms with Crippen molar-refractivity contribution in [3.8, 4) is 5.75 Å². The summed E-state index contributed by atoms with van der Waals surface area (Å²) in [4.78, 5) is 17.9. The second-order valence-electron chi connectivity index (χ2n) is 6.22. The van der Waals surface area contributed by atoms with E-state index in [0.29, 0.717) is 18.3 Å². The summed E-state index contributed by atoms with van der Waals surface area (Å²) in [5.41, 5.74) is 6.35. The summed E-state index contributed by atoms with van der Waals surface area (Å²) in [6, 6.07) is 21.5. The van der Waals surface area contributed by atoms with Crippen LogP contribution in [-0.4, -0.2) is 21.1 Å². The first kappa shape index (κ1) is 18.2. The predicted octanol–water partition coefficient (Wildman–Crippen LogP) is 4.50. The van der Waals surface area contributed by atoms with Crippen molar-refractivity contribution in [1.82, 2.24) is 9.97 Å². The predicted molar refractivity (Wildman–Crippen MR) is 111 cm³/mol. The number of imidazole rings is 1. The van der Waals surface area contributed by atoms with Crippen LogP contribution in [0.25, 0.3) is 11.0 Å². The number of rotatable bonds is 7. The Kier molecular flexibility index (Phi) is 5.15. The van der Waals surface area contributed by atoms with Gasteiger partial charge in [0.1, 0.15) is 12.4 Å². The van der Waals surface area contributed by atoms with E-state index in [1.54, 1.807) is 18.3 Å². The molecule has 4 aromatic rings. The Balaban J connectivity index is 1.42. The van der Waals surface area contributed by atoms with E-state index in [1.807, 2.05) is 48.5 Å². The van der Waals surface area contributed by atoms with E-state index < -0.39 is 4.92 Å². The highest BCUT2D eigenvalue weighted by Crippen LogP contribution is 2.19. The number of fused-ring (bicyclic) bond motifs is 1. The topological polar surface area (TPSA) is 105 Å². The monoisotopic (exact) mass is 387 g/mol. The quantitative estimate of drug-likeness (QED) is 0.276. The van der Waals surface area contributed by atoms with Gasteiger partial charge in [0.2, 0.25) is 5.95 Å². The second kappa shape index (κ2) is 8.22. The fraction of sp³-hybridized carbons (Fsp3) is 0.0476. The molecule has 8 heteroatoms. The molecule has 4 rings (SSSR count). The van der Waals surface area contributed by atoms with Crippen LogP contribution in [0.2, 0.25) is 0 Å². The number of benzene rings is 3. The molecule has 0 saturated carbocycles. The Labute approximate surface area is 166 Å². The molecule has 144 valence electrons. The van der Waals surface area contributed by atoms with E-state index in [4.69, 9.17) is 4.74 Å². The average Bonchev–Trinajstić information content (AvgIpc) is 3.16. The van der Waals surface area contributed by atoms with Crippen LogP contribution < -0.4 is 10.2 Å². The van der Waals surface area contributed by atoms with Crippen molar-refractivity contribution in [3.05, 3.63) is 94.0 Å². The molecule has 0 aliphatic carbocycles. The number of anilines is 1. The molecule has 0 aliphatic rings. The van der Waals surface area contributed by atoms with E-state index in [0.717, 1.165) is 22.2 Å². The van der Waals surface area contributed by atoms with E-state index >= 15 is 0 Å². The van der Waals surface area contributed by atoms with Gasteiger partial charge in [-0.2, -0.15) is 5.10 Å². The minimum absolute atomic E-state index is 0.0537. The summed E-state index contributed by atoms with van der Waals surface area (Å²) in [7, 11) is 0. The summed E-state index contributed by atoms with van der Waals surface area (Å²) in [6.07, 6.45) is 1.65. The molecule has 3 aromatic carbocycles. The number of nitro benzene ring substituents is 1. The van der Waals surface area contributed by atoms with Gasteiger partial charge in [-0.3, -0.25) is 10.1 Å². The number of hydrogen-bond acceptors (Lipinski definition) is 6. The number of para-hydroxylation sites is 3. The first-order valence-electron chi connectivity index (χ1n) is 8.88. The molecular weight excluding hydrogens is 370 g/mol. The largest absolute Gasteiger partial charge is 0.488 e. The summed E-state index contributed by atoms with van der Waals surface area (Å²) < 4.78 is 5.86. The Morgan fingerprint density at radius 2 is 1.83 bits per heavy atom. The van der Waals surface area contributed by atoms with Crippen LogP contribution in [0.4, 0.5) is 11.6 Å². The average molecular weight is 387 g/mol. The van der Waals surface area contributed by atoms with Crippen molar-refractivity contribution in [2.75, 3.05) is 5.43 Å². The third-order valence-electron chi connectivity index (χ3n) is 4.22. The molecule has 0 amide bonds. The molecule has 0 bridgehead atoms. The van der Waals surface area contributed by atoms with Gasteiger partial charge in [-0.1, -0.05) is 24.3 Å². The van der Waals surface area contributed by atoms with Crippen LogP contribution in [0.15, 0.2) is 77.9 Å². The minimum Gasteiger partial charge on any atom is -0.488 e. The molecule has 2 N–H and O–H groups in total. The van der Waals surface area contributed by atoms with Gasteiger partial charge in [-0.15, -0.1) is 0 Å². The minimum atomic E-state index is -0.425. The van der Waals surface area contributed by atoms with Gasteiger partial charge >= 0.3 is 0 Å². The molecule has 1 heterocycles. The molecule has 0 aliphatic heterocycles. The smallest absolute Gasteiger partial charge is 0.269 e. The van der Waals surface area contributed by atoms with Gasteiger partial charge in [0.15, 0.2) is 0 Å². The molecule has 0 saturated heterocycles. The molecule has 29 heavy (non-hydrogen) atoms. The van der Waals surface area contributed by atoms with Gasteiger partial charge in [0.05, 0.1) is 22.2 Å². The number of hydrogen-bond donors (Lipinski definition) is 2. The van der Waals surface area contributed by atoms with Crippen molar-refractivity contribution in [1.29, 1.82) is 0 Å². The maximum absolute atomic E-state index is 10.7. The molecule has 0 atom stereocenters. The highest BCUT2D eigenvalue weighted by Gasteiger charge is 2.06. The first-order chi connectivity index (χ1) is 14.2. The molecule has 0 spiro atoms. The molecular formula is C21H17N5O3. The van der Waals surface area contributed by atoms with Crippen molar-refractivity contribution in [3.63, 3.8) is 0 Å². The van der Waals surface area contributed by atoms with Crippen molar-refractivity contribution >= 4 is 28.9 Å². The van der Waals surface area contributed by atoms with Crippen LogP contribution in [-0.2, 0) is 6.61 Å². The van der Waals surface area contributed by atoms with Crippen LogP contribution in [0.1, 0.15) is 11.1 Å². The van der Waals surface area contributed by atoms with Crippen LogP contribution in [0.5, 0.6) is 5.75 Å². The van der Waals surface area contributed by atoms with E-state index in [9.17, 15) is 10.1 Å². The van der Waals surface area contributed by atoms with Gasteiger partial charge in [0, 0.05) is 17.7 Å². The molecule has 0 radical (unpaired) electrons. The van der Waals surface area contributed by atoms with Crippen molar-refractivity contribution in [2.24, 2.45) is 5.10 Å². The van der Waals surface area contributed by atoms with Crippen molar-refractivity contribution in [2.45, 2.75) is 6.61 Å². The number of ether oxygens (including phenoxy) is 1. The number of aromatic amines is 1. The molecule has 0 fully saturated rings. The zero-order valence-corrected chi connectivity index (χ0v) is 15.3.